The molecule has 1 aromatic carbocycles. The molecule has 0 N–H and O–H groups in total. The Morgan fingerprint density at radius 3 is 2.86 bits per heavy atom. The zero-order chi connectivity index (χ0) is 10.6. The first kappa shape index (κ1) is 11.0. The van der Waals surface area contributed by atoms with Crippen molar-refractivity contribution >= 4 is 17.6 Å². The second kappa shape index (κ2) is 4.96. The van der Waals surface area contributed by atoms with E-state index < -0.39 is 5.82 Å². The molecule has 4 heteroatoms. The lowest BCUT2D eigenvalue weighted by molar-refractivity contribution is -0.142. The van der Waals surface area contributed by atoms with Gasteiger partial charge in [0.2, 0.25) is 0 Å². The number of ether oxygens (including phenoxy) is 1. The van der Waals surface area contributed by atoms with Gasteiger partial charge in [-0.05, 0) is 24.6 Å². The normalized spacial score (nSPS) is 9.93. The summed E-state index contributed by atoms with van der Waals surface area (Å²) >= 11 is 5.49. The van der Waals surface area contributed by atoms with Gasteiger partial charge in [0.1, 0.15) is 5.82 Å². The van der Waals surface area contributed by atoms with Crippen LogP contribution in [-0.2, 0) is 16.0 Å². The van der Waals surface area contributed by atoms with Crippen molar-refractivity contribution in [1.82, 2.24) is 0 Å². The molecule has 0 aliphatic rings. The third-order valence-corrected chi connectivity index (χ3v) is 1.94. The van der Waals surface area contributed by atoms with Gasteiger partial charge >= 0.3 is 5.97 Å². The zero-order valence-corrected chi connectivity index (χ0v) is 8.47. The van der Waals surface area contributed by atoms with E-state index in [1.165, 1.54) is 12.1 Å². The van der Waals surface area contributed by atoms with E-state index in [4.69, 9.17) is 16.3 Å². The lowest BCUT2D eigenvalue weighted by Crippen LogP contribution is -2.07. The van der Waals surface area contributed by atoms with Crippen LogP contribution in [0.2, 0.25) is 5.02 Å². The van der Waals surface area contributed by atoms with Crippen molar-refractivity contribution < 1.29 is 13.9 Å². The van der Waals surface area contributed by atoms with Gasteiger partial charge in [-0.3, -0.25) is 4.79 Å². The molecular weight excluding hydrogens is 207 g/mol. The fraction of sp³-hybridized carbons (Fsp3) is 0.300. The number of carbonyl (C=O) groups is 1. The van der Waals surface area contributed by atoms with E-state index in [9.17, 15) is 9.18 Å². The van der Waals surface area contributed by atoms with E-state index in [0.29, 0.717) is 12.2 Å². The van der Waals surface area contributed by atoms with Gasteiger partial charge in [0.25, 0.3) is 0 Å². The van der Waals surface area contributed by atoms with E-state index >= 15 is 0 Å². The third-order valence-electron chi connectivity index (χ3n) is 1.64. The van der Waals surface area contributed by atoms with Crippen molar-refractivity contribution in [2.24, 2.45) is 0 Å². The highest BCUT2D eigenvalue weighted by molar-refractivity contribution is 6.30. The molecule has 1 aromatic rings. The molecule has 76 valence electrons. The second-order valence-corrected chi connectivity index (χ2v) is 3.14. The van der Waals surface area contributed by atoms with Crippen molar-refractivity contribution in [2.75, 3.05) is 6.61 Å². The Labute approximate surface area is 86.6 Å². The number of hydrogen-bond acceptors (Lipinski definition) is 2. The molecule has 0 unspecified atom stereocenters. The van der Waals surface area contributed by atoms with E-state index in [2.05, 4.69) is 0 Å². The molecule has 0 saturated carbocycles. The highest BCUT2D eigenvalue weighted by atomic mass is 35.5. The minimum atomic E-state index is -0.520. The molecule has 0 atom stereocenters. The monoisotopic (exact) mass is 216 g/mol. The number of hydrogen-bond donors (Lipinski definition) is 0. The summed E-state index contributed by atoms with van der Waals surface area (Å²) in [4.78, 5) is 11.0. The maximum absolute atomic E-state index is 12.9. The first-order valence-electron chi connectivity index (χ1n) is 4.23. The van der Waals surface area contributed by atoms with Gasteiger partial charge in [-0.1, -0.05) is 17.7 Å². The van der Waals surface area contributed by atoms with Crippen LogP contribution in [0, 0.1) is 5.82 Å². The minimum Gasteiger partial charge on any atom is -0.466 e. The molecule has 0 saturated heterocycles. The van der Waals surface area contributed by atoms with Crippen LogP contribution >= 0.6 is 11.6 Å². The molecule has 0 fully saturated rings. The van der Waals surface area contributed by atoms with E-state index in [1.807, 2.05) is 0 Å². The number of benzene rings is 1. The zero-order valence-electron chi connectivity index (χ0n) is 7.72. The Hall–Kier alpha value is -1.09. The molecule has 0 radical (unpaired) electrons. The molecule has 0 aliphatic heterocycles. The van der Waals surface area contributed by atoms with Crippen molar-refractivity contribution in [3.63, 3.8) is 0 Å². The molecule has 2 nitrogen and oxygen atoms in total. The van der Waals surface area contributed by atoms with Crippen LogP contribution in [0.15, 0.2) is 18.2 Å². The van der Waals surface area contributed by atoms with Gasteiger partial charge in [-0.2, -0.15) is 0 Å². The van der Waals surface area contributed by atoms with Gasteiger partial charge in [-0.15, -0.1) is 0 Å². The van der Waals surface area contributed by atoms with Gasteiger partial charge in [0.15, 0.2) is 0 Å². The predicted molar refractivity (Wildman–Crippen MR) is 51.7 cm³/mol. The molecule has 1 rings (SSSR count). The molecule has 14 heavy (non-hydrogen) atoms. The maximum atomic E-state index is 12.9. The smallest absolute Gasteiger partial charge is 0.310 e. The molecular formula is C10H10ClFO2. The van der Waals surface area contributed by atoms with E-state index in [1.54, 1.807) is 13.0 Å². The minimum absolute atomic E-state index is 0.0533. The second-order valence-electron chi connectivity index (χ2n) is 2.73. The van der Waals surface area contributed by atoms with Crippen LogP contribution in [0.5, 0.6) is 0 Å². The summed E-state index contributed by atoms with van der Waals surface area (Å²) in [5, 5.41) is 0.0533. The largest absolute Gasteiger partial charge is 0.466 e. The summed E-state index contributed by atoms with van der Waals surface area (Å²) in [5.74, 6) is -0.886. The molecule has 0 heterocycles. The number of rotatable bonds is 3. The fourth-order valence-electron chi connectivity index (χ4n) is 1.03. The summed E-state index contributed by atoms with van der Waals surface area (Å²) in [7, 11) is 0. The highest BCUT2D eigenvalue weighted by Gasteiger charge is 2.06. The third kappa shape index (κ3) is 3.00. The molecule has 0 spiro atoms. The van der Waals surface area contributed by atoms with Gasteiger partial charge in [0, 0.05) is 0 Å². The van der Waals surface area contributed by atoms with E-state index in [-0.39, 0.29) is 17.4 Å². The fourth-order valence-corrected chi connectivity index (χ4v) is 1.15. The van der Waals surface area contributed by atoms with Gasteiger partial charge in [-0.25, -0.2) is 4.39 Å². The summed E-state index contributed by atoms with van der Waals surface area (Å²) in [5.41, 5.74) is 0.561. The first-order valence-corrected chi connectivity index (χ1v) is 4.61. The van der Waals surface area contributed by atoms with Crippen LogP contribution < -0.4 is 0 Å². The average molecular weight is 217 g/mol. The number of esters is 1. The molecule has 0 bridgehead atoms. The van der Waals surface area contributed by atoms with Crippen molar-refractivity contribution in [2.45, 2.75) is 13.3 Å². The number of carbonyl (C=O) groups excluding carboxylic acids is 1. The first-order chi connectivity index (χ1) is 6.63. The Morgan fingerprint density at radius 1 is 1.57 bits per heavy atom. The lowest BCUT2D eigenvalue weighted by atomic mass is 10.1. The standard InChI is InChI=1S/C10H10ClFO2/c1-2-14-10(13)6-7-3-4-8(11)9(12)5-7/h3-5H,2,6H2,1H3. The highest BCUT2D eigenvalue weighted by Crippen LogP contribution is 2.15. The predicted octanol–water partition coefficient (Wildman–Crippen LogP) is 2.58. The summed E-state index contributed by atoms with van der Waals surface area (Å²) in [6.07, 6.45) is 0.0714. The SMILES string of the molecule is CCOC(=O)Cc1ccc(Cl)c(F)c1. The Morgan fingerprint density at radius 2 is 2.29 bits per heavy atom. The Balaban J connectivity index is 2.68. The van der Waals surface area contributed by atoms with Crippen LogP contribution in [0.25, 0.3) is 0 Å². The van der Waals surface area contributed by atoms with Crippen molar-refractivity contribution in [3.05, 3.63) is 34.6 Å². The van der Waals surface area contributed by atoms with Gasteiger partial charge < -0.3 is 4.74 Å². The summed E-state index contributed by atoms with van der Waals surface area (Å²) < 4.78 is 17.7. The topological polar surface area (TPSA) is 26.3 Å². The van der Waals surface area contributed by atoms with Crippen molar-refractivity contribution in [1.29, 1.82) is 0 Å². The average Bonchev–Trinajstić information content (AvgIpc) is 2.12. The van der Waals surface area contributed by atoms with Crippen LogP contribution in [0.3, 0.4) is 0 Å². The van der Waals surface area contributed by atoms with Crippen LogP contribution in [0.4, 0.5) is 4.39 Å². The Bertz CT molecular complexity index is 339. The number of halogens is 2. The summed E-state index contributed by atoms with van der Waals surface area (Å²) in [6.45, 7) is 2.05. The maximum Gasteiger partial charge on any atom is 0.310 e. The van der Waals surface area contributed by atoms with Crippen LogP contribution in [0.1, 0.15) is 12.5 Å². The van der Waals surface area contributed by atoms with Crippen LogP contribution in [-0.4, -0.2) is 12.6 Å². The molecule has 0 aromatic heterocycles. The Kier molecular flexibility index (Phi) is 3.89. The molecule has 0 amide bonds. The summed E-state index contributed by atoms with van der Waals surface area (Å²) in [6, 6.07) is 4.26. The molecule has 0 aliphatic carbocycles. The lowest BCUT2D eigenvalue weighted by Gasteiger charge is -2.02. The van der Waals surface area contributed by atoms with E-state index in [0.717, 1.165) is 0 Å². The van der Waals surface area contributed by atoms with Gasteiger partial charge in [0.05, 0.1) is 18.1 Å². The van der Waals surface area contributed by atoms with Crippen molar-refractivity contribution in [3.8, 4) is 0 Å². The quantitative estimate of drug-likeness (QED) is 0.726.